The highest BCUT2D eigenvalue weighted by Gasteiger charge is 2.19. The molecule has 0 radical (unpaired) electrons. The van der Waals surface area contributed by atoms with E-state index in [1.54, 1.807) is 0 Å². The molecule has 0 saturated carbocycles. The summed E-state index contributed by atoms with van der Waals surface area (Å²) in [6, 6.07) is 0. The van der Waals surface area contributed by atoms with Crippen LogP contribution in [0.15, 0.2) is 97.2 Å². The summed E-state index contributed by atoms with van der Waals surface area (Å²) >= 11 is 0. The Morgan fingerprint density at radius 3 is 0.747 bits per heavy atom. The van der Waals surface area contributed by atoms with Crippen LogP contribution in [0.5, 0.6) is 0 Å². The Kier molecular flexibility index (Phi) is 67.7. The molecular formula is C77H134O6. The third-order valence-electron chi connectivity index (χ3n) is 15.5. The van der Waals surface area contributed by atoms with Gasteiger partial charge in [0.15, 0.2) is 6.10 Å². The minimum absolute atomic E-state index is 0.0825. The number of hydrogen-bond acceptors (Lipinski definition) is 6. The predicted molar refractivity (Wildman–Crippen MR) is 362 cm³/mol. The first-order valence-corrected chi connectivity index (χ1v) is 35.7. The van der Waals surface area contributed by atoms with E-state index < -0.39 is 6.10 Å². The zero-order chi connectivity index (χ0) is 59.9. The van der Waals surface area contributed by atoms with Crippen molar-refractivity contribution in [2.24, 2.45) is 0 Å². The van der Waals surface area contributed by atoms with Crippen LogP contribution in [0.2, 0.25) is 0 Å². The minimum atomic E-state index is -0.789. The lowest BCUT2D eigenvalue weighted by Crippen LogP contribution is -2.30. The number of carbonyl (C=O) groups is 3. The molecule has 1 atom stereocenters. The van der Waals surface area contributed by atoms with Gasteiger partial charge in [0.1, 0.15) is 13.2 Å². The van der Waals surface area contributed by atoms with E-state index in [0.29, 0.717) is 19.3 Å². The molecule has 0 aromatic carbocycles. The van der Waals surface area contributed by atoms with E-state index in [2.05, 4.69) is 118 Å². The zero-order valence-corrected chi connectivity index (χ0v) is 54.9. The normalized spacial score (nSPS) is 12.7. The molecule has 6 heteroatoms. The first-order valence-electron chi connectivity index (χ1n) is 35.7. The second kappa shape index (κ2) is 70.8. The van der Waals surface area contributed by atoms with Crippen LogP contribution in [-0.2, 0) is 28.6 Å². The summed E-state index contributed by atoms with van der Waals surface area (Å²) in [4.78, 5) is 38.5. The largest absolute Gasteiger partial charge is 0.462 e. The molecule has 0 heterocycles. The second-order valence-corrected chi connectivity index (χ2v) is 23.8. The molecule has 0 aromatic rings. The fraction of sp³-hybridized carbons (Fsp3) is 0.753. The van der Waals surface area contributed by atoms with Crippen LogP contribution >= 0.6 is 0 Å². The molecule has 83 heavy (non-hydrogen) atoms. The molecule has 0 aliphatic heterocycles. The summed E-state index contributed by atoms with van der Waals surface area (Å²) in [5.41, 5.74) is 0. The van der Waals surface area contributed by atoms with Crippen molar-refractivity contribution in [1.82, 2.24) is 0 Å². The van der Waals surface area contributed by atoms with Crippen LogP contribution in [0.4, 0.5) is 0 Å². The molecule has 0 aliphatic rings. The van der Waals surface area contributed by atoms with Crippen molar-refractivity contribution < 1.29 is 28.6 Å². The third-order valence-corrected chi connectivity index (χ3v) is 15.5. The number of esters is 3. The van der Waals surface area contributed by atoms with Gasteiger partial charge in [-0.3, -0.25) is 14.4 Å². The van der Waals surface area contributed by atoms with Crippen molar-refractivity contribution in [3.05, 3.63) is 97.2 Å². The number of rotatable bonds is 65. The molecule has 0 rings (SSSR count). The molecule has 0 bridgehead atoms. The zero-order valence-electron chi connectivity index (χ0n) is 54.9. The topological polar surface area (TPSA) is 78.9 Å². The number of hydrogen-bond donors (Lipinski definition) is 0. The number of unbranched alkanes of at least 4 members (excludes halogenated alkanes) is 38. The van der Waals surface area contributed by atoms with Crippen LogP contribution in [-0.4, -0.2) is 37.2 Å². The molecule has 478 valence electrons. The van der Waals surface area contributed by atoms with E-state index in [-0.39, 0.29) is 31.1 Å². The van der Waals surface area contributed by atoms with Gasteiger partial charge in [0.05, 0.1) is 0 Å². The Morgan fingerprint density at radius 2 is 0.470 bits per heavy atom. The predicted octanol–water partition coefficient (Wildman–Crippen LogP) is 24.8. The van der Waals surface area contributed by atoms with E-state index in [1.165, 1.54) is 205 Å². The number of carbonyl (C=O) groups excluding carboxylic acids is 3. The summed E-state index contributed by atoms with van der Waals surface area (Å²) < 4.78 is 17.0. The van der Waals surface area contributed by atoms with Crippen LogP contribution in [0.1, 0.15) is 355 Å². The number of ether oxygens (including phenoxy) is 3. The Bertz CT molecular complexity index is 1610. The number of allylic oxidation sites excluding steroid dienone is 16. The van der Waals surface area contributed by atoms with E-state index >= 15 is 0 Å². The first kappa shape index (κ1) is 79.3. The van der Waals surface area contributed by atoms with E-state index in [4.69, 9.17) is 14.2 Å². The van der Waals surface area contributed by atoms with Crippen LogP contribution in [0, 0.1) is 0 Å². The van der Waals surface area contributed by atoms with Gasteiger partial charge in [0.2, 0.25) is 0 Å². The maximum absolute atomic E-state index is 13.0. The van der Waals surface area contributed by atoms with Crippen molar-refractivity contribution in [2.45, 2.75) is 361 Å². The molecule has 1 unspecified atom stereocenters. The highest BCUT2D eigenvalue weighted by molar-refractivity contribution is 5.71. The van der Waals surface area contributed by atoms with Gasteiger partial charge in [0, 0.05) is 19.3 Å². The summed E-state index contributed by atoms with van der Waals surface area (Å²) in [6.45, 7) is 6.55. The first-order chi connectivity index (χ1) is 41.0. The maximum atomic E-state index is 13.0. The summed E-state index contributed by atoms with van der Waals surface area (Å²) in [5, 5.41) is 0. The molecule has 0 amide bonds. The molecule has 0 saturated heterocycles. The fourth-order valence-electron chi connectivity index (χ4n) is 10.2. The Balaban J connectivity index is 4.38. The van der Waals surface area contributed by atoms with Gasteiger partial charge in [-0.25, -0.2) is 0 Å². The Hall–Kier alpha value is -3.67. The molecule has 0 aliphatic carbocycles. The Morgan fingerprint density at radius 1 is 0.253 bits per heavy atom. The van der Waals surface area contributed by atoms with Crippen molar-refractivity contribution in [1.29, 1.82) is 0 Å². The highest BCUT2D eigenvalue weighted by atomic mass is 16.6. The fourth-order valence-corrected chi connectivity index (χ4v) is 10.2. The average Bonchev–Trinajstić information content (AvgIpc) is 3.50. The lowest BCUT2D eigenvalue weighted by Gasteiger charge is -2.18. The van der Waals surface area contributed by atoms with Crippen LogP contribution < -0.4 is 0 Å². The summed E-state index contributed by atoms with van der Waals surface area (Å²) in [6.07, 6.45) is 95.6. The average molecular weight is 1160 g/mol. The minimum Gasteiger partial charge on any atom is -0.462 e. The van der Waals surface area contributed by atoms with E-state index in [9.17, 15) is 14.4 Å². The van der Waals surface area contributed by atoms with Gasteiger partial charge in [-0.05, 0) is 122 Å². The van der Waals surface area contributed by atoms with Crippen LogP contribution in [0.3, 0.4) is 0 Å². The standard InChI is InChI=1S/C77H134O6/c1-4-7-10-13-16-19-22-25-28-31-34-36-37-38-39-41-43-46-49-52-55-58-61-64-67-70-76(79)82-73-74(72-81-75(78)69-66-63-60-57-54-51-48-45-42-33-30-27-24-21-18-15-12-9-6-3)83-77(80)71-68-65-62-59-56-53-50-47-44-40-35-32-29-26-23-20-17-14-11-8-5-2/h7,10,16,19,23,25-28,30,32,34-36,44,47,74H,4-6,8-9,11-15,17-18,20-22,24,29,31,33,37-43,45-46,48-73H2,1-3H3/b10-7-,19-16-,26-23-,28-25-,30-27-,35-32-,36-34-,47-44-. The highest BCUT2D eigenvalue weighted by Crippen LogP contribution is 2.17. The Labute approximate surface area is 515 Å². The van der Waals surface area contributed by atoms with Crippen molar-refractivity contribution in [3.8, 4) is 0 Å². The summed E-state index contributed by atoms with van der Waals surface area (Å²) in [7, 11) is 0. The lowest BCUT2D eigenvalue weighted by molar-refractivity contribution is -0.167. The quantitative estimate of drug-likeness (QED) is 0.0261. The second-order valence-electron chi connectivity index (χ2n) is 23.8. The van der Waals surface area contributed by atoms with Crippen molar-refractivity contribution in [3.63, 3.8) is 0 Å². The van der Waals surface area contributed by atoms with Gasteiger partial charge in [0.25, 0.3) is 0 Å². The molecule has 6 nitrogen and oxygen atoms in total. The molecule has 0 spiro atoms. The van der Waals surface area contributed by atoms with Gasteiger partial charge < -0.3 is 14.2 Å². The molecular weight excluding hydrogens is 1020 g/mol. The molecule has 0 N–H and O–H groups in total. The van der Waals surface area contributed by atoms with Gasteiger partial charge in [-0.2, -0.15) is 0 Å². The molecule has 0 aromatic heterocycles. The maximum Gasteiger partial charge on any atom is 0.306 e. The van der Waals surface area contributed by atoms with Gasteiger partial charge >= 0.3 is 17.9 Å². The SMILES string of the molecule is CC/C=C\C/C=C\C/C=C\C/C=C\CCCCCCCCCCCCCCC(=O)OCC(COC(=O)CCCCCCCCCCC/C=C\CCCCCCCC)OC(=O)CCCCCCCC/C=C\C/C=C\C/C=C\CCCCCCC. The lowest BCUT2D eigenvalue weighted by atomic mass is 10.0. The van der Waals surface area contributed by atoms with Gasteiger partial charge in [-0.15, -0.1) is 0 Å². The van der Waals surface area contributed by atoms with Crippen molar-refractivity contribution >= 4 is 17.9 Å². The van der Waals surface area contributed by atoms with E-state index in [1.807, 2.05) is 0 Å². The monoisotopic (exact) mass is 1160 g/mol. The van der Waals surface area contributed by atoms with Crippen molar-refractivity contribution in [2.75, 3.05) is 13.2 Å². The smallest absolute Gasteiger partial charge is 0.306 e. The van der Waals surface area contributed by atoms with Crippen LogP contribution in [0.25, 0.3) is 0 Å². The molecule has 0 fully saturated rings. The third kappa shape index (κ3) is 69.0. The van der Waals surface area contributed by atoms with Gasteiger partial charge in [-0.1, -0.05) is 311 Å². The van der Waals surface area contributed by atoms with E-state index in [0.717, 1.165) is 109 Å². The summed E-state index contributed by atoms with van der Waals surface area (Å²) in [5.74, 6) is -0.882.